The number of carbonyl (C=O) groups excluding carboxylic acids is 1. The summed E-state index contributed by atoms with van der Waals surface area (Å²) in [5.74, 6) is -0.640. The second-order valence-corrected chi connectivity index (χ2v) is 10.4. The summed E-state index contributed by atoms with van der Waals surface area (Å²) in [6.45, 7) is 1.81. The van der Waals surface area contributed by atoms with Gasteiger partial charge in [0.25, 0.3) is 0 Å². The average molecular weight is 487 g/mol. The van der Waals surface area contributed by atoms with Gasteiger partial charge in [-0.15, -0.1) is 0 Å². The lowest BCUT2D eigenvalue weighted by molar-refractivity contribution is -0.128. The van der Waals surface area contributed by atoms with E-state index in [-0.39, 0.29) is 28.7 Å². The molecule has 0 radical (unpaired) electrons. The molecule has 4 rings (SSSR count). The molecule has 8 nitrogen and oxygen atoms in total. The third-order valence-corrected chi connectivity index (χ3v) is 7.80. The normalized spacial score (nSPS) is 21.7. The van der Waals surface area contributed by atoms with Gasteiger partial charge in [0, 0.05) is 11.6 Å². The van der Waals surface area contributed by atoms with Crippen LogP contribution in [0.1, 0.15) is 44.2 Å². The van der Waals surface area contributed by atoms with Crippen molar-refractivity contribution >= 4 is 15.9 Å². The molecule has 0 saturated heterocycles. The highest BCUT2D eigenvalue weighted by Gasteiger charge is 2.39. The third kappa shape index (κ3) is 5.35. The average Bonchev–Trinajstić information content (AvgIpc) is 3.36. The zero-order valence-corrected chi connectivity index (χ0v) is 19.5. The van der Waals surface area contributed by atoms with E-state index in [4.69, 9.17) is 10.2 Å². The number of nitrogens with two attached hydrogens (primary N) is 1. The van der Waals surface area contributed by atoms with Crippen molar-refractivity contribution in [3.05, 3.63) is 72.6 Å². The summed E-state index contributed by atoms with van der Waals surface area (Å²) in [6.07, 6.45) is 4.35. The van der Waals surface area contributed by atoms with Crippen molar-refractivity contribution in [2.75, 3.05) is 0 Å². The Labute approximate surface area is 197 Å². The molecule has 0 bridgehead atoms. The number of halogens is 1. The van der Waals surface area contributed by atoms with Crippen LogP contribution in [0.25, 0.3) is 11.3 Å². The van der Waals surface area contributed by atoms with Gasteiger partial charge in [-0.3, -0.25) is 4.79 Å². The van der Waals surface area contributed by atoms with E-state index in [0.29, 0.717) is 31.4 Å². The first-order chi connectivity index (χ1) is 16.2. The smallest absolute Gasteiger partial charge is 0.240 e. The van der Waals surface area contributed by atoms with Crippen molar-refractivity contribution in [1.29, 1.82) is 0 Å². The van der Waals surface area contributed by atoms with E-state index in [2.05, 4.69) is 15.0 Å². The molecular formula is C24H27FN4O4S. The Morgan fingerprint density at radius 1 is 1.15 bits per heavy atom. The number of hydrogen-bond acceptors (Lipinski definition) is 6. The van der Waals surface area contributed by atoms with Crippen LogP contribution in [-0.2, 0) is 14.8 Å². The first kappa shape index (κ1) is 24.1. The number of aromatic nitrogens is 1. The molecule has 180 valence electrons. The van der Waals surface area contributed by atoms with Gasteiger partial charge in [0.05, 0.1) is 16.5 Å². The molecule has 0 unspecified atom stereocenters. The molecule has 1 fully saturated rings. The van der Waals surface area contributed by atoms with Gasteiger partial charge < -0.3 is 15.5 Å². The largest absolute Gasteiger partial charge is 0.451 e. The summed E-state index contributed by atoms with van der Waals surface area (Å²) >= 11 is 0. The summed E-state index contributed by atoms with van der Waals surface area (Å²) in [7, 11) is -3.73. The van der Waals surface area contributed by atoms with Gasteiger partial charge in [-0.1, -0.05) is 24.3 Å². The first-order valence-electron chi connectivity index (χ1n) is 11.0. The summed E-state index contributed by atoms with van der Waals surface area (Å²) in [5, 5.41) is 2.89. The van der Waals surface area contributed by atoms with Crippen LogP contribution in [0.2, 0.25) is 0 Å². The number of carbonyl (C=O) groups is 1. The standard InChI is InChI=1S/C24H27FN4O4S/c1-16(17-2-6-19(25)7-3-17)28-23(30)24(26)12-10-20(11-13-24)29-34(31,32)21-8-4-18(5-9-21)22-14-33-15-27-22/h2-9,14-16,20,29H,10-13,26H2,1H3,(H,28,30)/t16-,20?,24?/m1/s1. The van der Waals surface area contributed by atoms with Gasteiger partial charge in [-0.25, -0.2) is 22.5 Å². The highest BCUT2D eigenvalue weighted by molar-refractivity contribution is 7.89. The quantitative estimate of drug-likeness (QED) is 0.470. The fourth-order valence-corrected chi connectivity index (χ4v) is 5.41. The molecule has 1 aliphatic rings. The molecule has 1 heterocycles. The van der Waals surface area contributed by atoms with E-state index in [1.807, 2.05) is 6.92 Å². The van der Waals surface area contributed by atoms with Crippen molar-refractivity contribution in [1.82, 2.24) is 15.0 Å². The number of benzene rings is 2. The molecule has 10 heteroatoms. The maximum absolute atomic E-state index is 13.1. The van der Waals surface area contributed by atoms with E-state index in [9.17, 15) is 17.6 Å². The van der Waals surface area contributed by atoms with Gasteiger partial charge in [0.1, 0.15) is 17.8 Å². The molecule has 2 aromatic carbocycles. The molecule has 0 spiro atoms. The van der Waals surface area contributed by atoms with Crippen LogP contribution in [0.15, 0.2) is 70.5 Å². The van der Waals surface area contributed by atoms with Crippen LogP contribution in [0.4, 0.5) is 4.39 Å². The molecule has 1 atom stereocenters. The molecular weight excluding hydrogens is 459 g/mol. The SMILES string of the molecule is C[C@@H](NC(=O)C1(N)CCC(NS(=O)(=O)c2ccc(-c3cocn3)cc2)CC1)c1ccc(F)cc1. The van der Waals surface area contributed by atoms with Crippen LogP contribution < -0.4 is 15.8 Å². The molecule has 1 aromatic heterocycles. The number of rotatable bonds is 7. The van der Waals surface area contributed by atoms with Crippen molar-refractivity contribution < 1.29 is 22.0 Å². The van der Waals surface area contributed by atoms with Crippen molar-refractivity contribution in [3.63, 3.8) is 0 Å². The van der Waals surface area contributed by atoms with Crippen molar-refractivity contribution in [3.8, 4) is 11.3 Å². The molecule has 34 heavy (non-hydrogen) atoms. The second kappa shape index (κ2) is 9.65. The predicted octanol–water partition coefficient (Wildman–Crippen LogP) is 3.28. The van der Waals surface area contributed by atoms with Crippen LogP contribution in [-0.4, -0.2) is 30.9 Å². The number of oxazole rings is 1. The zero-order chi connectivity index (χ0) is 24.3. The number of hydrogen-bond donors (Lipinski definition) is 3. The van der Waals surface area contributed by atoms with Crippen LogP contribution in [0, 0.1) is 5.82 Å². The summed E-state index contributed by atoms with van der Waals surface area (Å²) in [4.78, 5) is 17.0. The fraction of sp³-hybridized carbons (Fsp3) is 0.333. The minimum absolute atomic E-state index is 0.148. The first-order valence-corrected chi connectivity index (χ1v) is 12.5. The maximum atomic E-state index is 13.1. The Bertz CT molecular complexity index is 1220. The van der Waals surface area contributed by atoms with E-state index in [0.717, 1.165) is 11.1 Å². The number of amides is 1. The maximum Gasteiger partial charge on any atom is 0.240 e. The Hall–Kier alpha value is -3.08. The number of sulfonamides is 1. The van der Waals surface area contributed by atoms with E-state index in [1.54, 1.807) is 24.3 Å². The van der Waals surface area contributed by atoms with Gasteiger partial charge in [0.15, 0.2) is 6.39 Å². The van der Waals surface area contributed by atoms with E-state index in [1.165, 1.54) is 36.9 Å². The van der Waals surface area contributed by atoms with Gasteiger partial charge >= 0.3 is 0 Å². The number of nitrogens with one attached hydrogen (secondary N) is 2. The van der Waals surface area contributed by atoms with Gasteiger partial charge in [-0.05, 0) is 62.4 Å². The molecule has 0 aliphatic heterocycles. The minimum atomic E-state index is -3.73. The minimum Gasteiger partial charge on any atom is -0.451 e. The molecule has 1 saturated carbocycles. The Balaban J connectivity index is 1.33. The van der Waals surface area contributed by atoms with Gasteiger partial charge in [0.2, 0.25) is 15.9 Å². The van der Waals surface area contributed by atoms with Crippen LogP contribution >= 0.6 is 0 Å². The lowest BCUT2D eigenvalue weighted by Gasteiger charge is -2.36. The predicted molar refractivity (Wildman–Crippen MR) is 124 cm³/mol. The Morgan fingerprint density at radius 2 is 1.79 bits per heavy atom. The molecule has 1 aliphatic carbocycles. The highest BCUT2D eigenvalue weighted by atomic mass is 32.2. The topological polar surface area (TPSA) is 127 Å². The monoisotopic (exact) mass is 486 g/mol. The molecule has 1 amide bonds. The molecule has 3 aromatic rings. The number of nitrogens with zero attached hydrogens (tertiary/aromatic N) is 1. The summed E-state index contributed by atoms with van der Waals surface area (Å²) < 4.78 is 46.5. The Morgan fingerprint density at radius 3 is 2.38 bits per heavy atom. The third-order valence-electron chi connectivity index (χ3n) is 6.26. The van der Waals surface area contributed by atoms with Crippen molar-refractivity contribution in [2.24, 2.45) is 5.73 Å². The zero-order valence-electron chi connectivity index (χ0n) is 18.7. The van der Waals surface area contributed by atoms with Crippen LogP contribution in [0.3, 0.4) is 0 Å². The highest BCUT2D eigenvalue weighted by Crippen LogP contribution is 2.29. The lowest BCUT2D eigenvalue weighted by Crippen LogP contribution is -2.58. The molecule has 4 N–H and O–H groups in total. The lowest BCUT2D eigenvalue weighted by atomic mass is 9.79. The van der Waals surface area contributed by atoms with Gasteiger partial charge in [-0.2, -0.15) is 0 Å². The van der Waals surface area contributed by atoms with Crippen molar-refractivity contribution in [2.45, 2.75) is 55.1 Å². The van der Waals surface area contributed by atoms with E-state index < -0.39 is 15.6 Å². The van der Waals surface area contributed by atoms with Crippen LogP contribution in [0.5, 0.6) is 0 Å². The second-order valence-electron chi connectivity index (χ2n) is 8.70. The summed E-state index contributed by atoms with van der Waals surface area (Å²) in [6, 6.07) is 11.7. The Kier molecular flexibility index (Phi) is 6.83. The van der Waals surface area contributed by atoms with E-state index >= 15 is 0 Å². The fourth-order valence-electron chi connectivity index (χ4n) is 4.10. The summed E-state index contributed by atoms with van der Waals surface area (Å²) in [5.41, 5.74) is 7.45.